The van der Waals surface area contributed by atoms with E-state index in [1.165, 1.54) is 0 Å². The molecule has 9 heteroatoms. The van der Waals surface area contributed by atoms with E-state index in [1.54, 1.807) is 19.4 Å². The van der Waals surface area contributed by atoms with Crippen molar-refractivity contribution < 1.29 is 18.6 Å². The van der Waals surface area contributed by atoms with Crippen LogP contribution in [0.15, 0.2) is 39.7 Å². The van der Waals surface area contributed by atoms with E-state index in [0.717, 1.165) is 44.1 Å². The number of hydrogen-bond donors (Lipinski definition) is 0. The lowest BCUT2D eigenvalue weighted by Gasteiger charge is -2.36. The molecule has 0 bridgehead atoms. The van der Waals surface area contributed by atoms with Crippen molar-refractivity contribution in [2.75, 3.05) is 57.9 Å². The Hall–Kier alpha value is -3.01. The van der Waals surface area contributed by atoms with Gasteiger partial charge in [0.05, 0.1) is 36.8 Å². The number of nitrogens with zero attached hydrogens (tertiary/aromatic N) is 4. The van der Waals surface area contributed by atoms with Gasteiger partial charge in [-0.05, 0) is 30.2 Å². The number of aryl methyl sites for hydroxylation is 1. The minimum atomic E-state index is -0.398. The van der Waals surface area contributed by atoms with E-state index >= 15 is 0 Å². The van der Waals surface area contributed by atoms with Gasteiger partial charge in [-0.1, -0.05) is 6.92 Å². The first-order chi connectivity index (χ1) is 16.2. The van der Waals surface area contributed by atoms with Crippen LogP contribution < -0.4 is 15.3 Å². The van der Waals surface area contributed by atoms with Crippen LogP contribution in [0, 0.1) is 0 Å². The lowest BCUT2D eigenvalue weighted by molar-refractivity contribution is -0.0624. The van der Waals surface area contributed by atoms with Crippen molar-refractivity contribution in [3.05, 3.63) is 46.4 Å². The molecule has 2 saturated heterocycles. The molecule has 2 aliphatic rings. The van der Waals surface area contributed by atoms with E-state index in [1.807, 2.05) is 25.1 Å². The molecule has 3 aromatic rings. The van der Waals surface area contributed by atoms with Crippen LogP contribution in [-0.4, -0.2) is 74.2 Å². The molecule has 2 aliphatic heterocycles. The van der Waals surface area contributed by atoms with Gasteiger partial charge in [0.25, 0.3) is 0 Å². The Kier molecular flexibility index (Phi) is 6.26. The van der Waals surface area contributed by atoms with E-state index in [0.29, 0.717) is 41.9 Å². The summed E-state index contributed by atoms with van der Waals surface area (Å²) in [5.41, 5.74) is 1.72. The van der Waals surface area contributed by atoms with Crippen molar-refractivity contribution in [3.63, 3.8) is 0 Å². The highest BCUT2D eigenvalue weighted by atomic mass is 16.7. The van der Waals surface area contributed by atoms with E-state index in [2.05, 4.69) is 14.8 Å². The molecule has 0 saturated carbocycles. The molecule has 4 heterocycles. The second-order valence-electron chi connectivity index (χ2n) is 8.17. The SMILES string of the molecule is CCc1cc(OC)cc2nc(-c3cccnc3N3CCN(CC4OCCO4)CC3)oc(=O)c12. The van der Waals surface area contributed by atoms with Gasteiger partial charge in [-0.15, -0.1) is 0 Å². The Labute approximate surface area is 191 Å². The summed E-state index contributed by atoms with van der Waals surface area (Å²) in [4.78, 5) is 26.8. The third kappa shape index (κ3) is 4.44. The molecule has 33 heavy (non-hydrogen) atoms. The van der Waals surface area contributed by atoms with E-state index in [4.69, 9.17) is 23.6 Å². The maximum Gasteiger partial charge on any atom is 0.347 e. The predicted octanol–water partition coefficient (Wildman–Crippen LogP) is 2.32. The zero-order valence-corrected chi connectivity index (χ0v) is 19.0. The summed E-state index contributed by atoms with van der Waals surface area (Å²) in [5, 5.41) is 0.498. The molecule has 0 N–H and O–H groups in total. The zero-order chi connectivity index (χ0) is 22.8. The molecule has 0 radical (unpaired) electrons. The largest absolute Gasteiger partial charge is 0.497 e. The van der Waals surface area contributed by atoms with Gasteiger partial charge in [0, 0.05) is 45.0 Å². The van der Waals surface area contributed by atoms with Crippen molar-refractivity contribution in [1.29, 1.82) is 0 Å². The van der Waals surface area contributed by atoms with Gasteiger partial charge in [-0.3, -0.25) is 4.90 Å². The molecule has 9 nitrogen and oxygen atoms in total. The highest BCUT2D eigenvalue weighted by Gasteiger charge is 2.26. The normalized spacial score (nSPS) is 17.7. The highest BCUT2D eigenvalue weighted by molar-refractivity contribution is 5.84. The van der Waals surface area contributed by atoms with Gasteiger partial charge in [-0.2, -0.15) is 0 Å². The minimum Gasteiger partial charge on any atom is -0.497 e. The zero-order valence-electron chi connectivity index (χ0n) is 19.0. The topological polar surface area (TPSA) is 90.2 Å². The number of piperazine rings is 1. The molecule has 1 aromatic carbocycles. The third-order valence-electron chi connectivity index (χ3n) is 6.19. The number of pyridine rings is 1. The predicted molar refractivity (Wildman–Crippen MR) is 124 cm³/mol. The lowest BCUT2D eigenvalue weighted by Crippen LogP contribution is -2.49. The minimum absolute atomic E-state index is 0.136. The standard InChI is InChI=1S/C24H28N4O5/c1-3-16-13-17(30-2)14-19-21(16)24(29)33-23(26-19)18-5-4-6-25-22(18)28-9-7-27(8-10-28)15-20-31-11-12-32-20/h4-6,13-14,20H,3,7-12,15H2,1-2H3. The van der Waals surface area contributed by atoms with Gasteiger partial charge in [0.15, 0.2) is 6.29 Å². The van der Waals surface area contributed by atoms with E-state index in [-0.39, 0.29) is 12.2 Å². The quantitative estimate of drug-likeness (QED) is 0.559. The first-order valence-corrected chi connectivity index (χ1v) is 11.3. The van der Waals surface area contributed by atoms with E-state index in [9.17, 15) is 4.79 Å². The number of hydrogen-bond acceptors (Lipinski definition) is 9. The summed E-state index contributed by atoms with van der Waals surface area (Å²) in [7, 11) is 1.61. The number of ether oxygens (including phenoxy) is 3. The van der Waals surface area contributed by atoms with Crippen LogP contribution >= 0.6 is 0 Å². The molecular weight excluding hydrogens is 424 g/mol. The van der Waals surface area contributed by atoms with Gasteiger partial charge < -0.3 is 23.5 Å². The fourth-order valence-electron chi connectivity index (χ4n) is 4.45. The fraction of sp³-hybridized carbons (Fsp3) is 0.458. The summed E-state index contributed by atoms with van der Waals surface area (Å²) in [6.07, 6.45) is 2.30. The third-order valence-corrected chi connectivity index (χ3v) is 6.19. The Morgan fingerprint density at radius 1 is 1.15 bits per heavy atom. The monoisotopic (exact) mass is 452 g/mol. The maximum absolute atomic E-state index is 12.9. The fourth-order valence-corrected chi connectivity index (χ4v) is 4.45. The van der Waals surface area contributed by atoms with Gasteiger partial charge in [0.1, 0.15) is 11.6 Å². The highest BCUT2D eigenvalue weighted by Crippen LogP contribution is 2.30. The summed E-state index contributed by atoms with van der Waals surface area (Å²) in [6, 6.07) is 7.36. The Bertz CT molecular complexity index is 1180. The molecule has 0 amide bonds. The van der Waals surface area contributed by atoms with Crippen molar-refractivity contribution in [2.45, 2.75) is 19.6 Å². The molecule has 0 aliphatic carbocycles. The van der Waals surface area contributed by atoms with Gasteiger partial charge in [0.2, 0.25) is 5.89 Å². The molecule has 5 rings (SSSR count). The Balaban J connectivity index is 1.44. The van der Waals surface area contributed by atoms with Gasteiger partial charge >= 0.3 is 5.63 Å². The number of anilines is 1. The number of aromatic nitrogens is 2. The number of rotatable bonds is 6. The molecule has 174 valence electrons. The number of benzene rings is 1. The van der Waals surface area contributed by atoms with Crippen LogP contribution in [0.25, 0.3) is 22.4 Å². The smallest absolute Gasteiger partial charge is 0.347 e. The summed E-state index contributed by atoms with van der Waals surface area (Å²) in [6.45, 7) is 7.41. The number of fused-ring (bicyclic) bond motifs is 1. The summed E-state index contributed by atoms with van der Waals surface area (Å²) < 4.78 is 22.3. The molecular formula is C24H28N4O5. The summed E-state index contributed by atoms with van der Waals surface area (Å²) in [5.74, 6) is 1.70. The molecule has 0 spiro atoms. The molecule has 2 aromatic heterocycles. The average molecular weight is 453 g/mol. The Morgan fingerprint density at radius 2 is 1.94 bits per heavy atom. The molecule has 0 unspecified atom stereocenters. The van der Waals surface area contributed by atoms with Crippen LogP contribution in [0.5, 0.6) is 5.75 Å². The molecule has 0 atom stereocenters. The van der Waals surface area contributed by atoms with Crippen LogP contribution in [0.1, 0.15) is 12.5 Å². The van der Waals surface area contributed by atoms with Crippen molar-refractivity contribution in [3.8, 4) is 17.2 Å². The first kappa shape index (κ1) is 21.8. The van der Waals surface area contributed by atoms with Crippen LogP contribution in [-0.2, 0) is 15.9 Å². The summed E-state index contributed by atoms with van der Waals surface area (Å²) >= 11 is 0. The second kappa shape index (κ2) is 9.46. The molecule has 2 fully saturated rings. The van der Waals surface area contributed by atoms with Crippen molar-refractivity contribution >= 4 is 16.7 Å². The first-order valence-electron chi connectivity index (χ1n) is 11.3. The van der Waals surface area contributed by atoms with Crippen molar-refractivity contribution in [1.82, 2.24) is 14.9 Å². The lowest BCUT2D eigenvalue weighted by atomic mass is 10.1. The Morgan fingerprint density at radius 3 is 2.67 bits per heavy atom. The van der Waals surface area contributed by atoms with Crippen LogP contribution in [0.4, 0.5) is 5.82 Å². The van der Waals surface area contributed by atoms with Crippen LogP contribution in [0.3, 0.4) is 0 Å². The average Bonchev–Trinajstić information content (AvgIpc) is 3.36. The van der Waals surface area contributed by atoms with E-state index < -0.39 is 5.63 Å². The van der Waals surface area contributed by atoms with Gasteiger partial charge in [-0.25, -0.2) is 14.8 Å². The second-order valence-corrected chi connectivity index (χ2v) is 8.17. The van der Waals surface area contributed by atoms with Crippen molar-refractivity contribution in [2.24, 2.45) is 0 Å². The maximum atomic E-state index is 12.9. The number of methoxy groups -OCH3 is 1. The van der Waals surface area contributed by atoms with Crippen LogP contribution in [0.2, 0.25) is 0 Å².